The highest BCUT2D eigenvalue weighted by atomic mass is 35.5. The van der Waals surface area contributed by atoms with Gasteiger partial charge >= 0.3 is 0 Å². The van der Waals surface area contributed by atoms with Gasteiger partial charge in [-0.15, -0.1) is 0 Å². The van der Waals surface area contributed by atoms with Crippen molar-refractivity contribution in [1.82, 2.24) is 14.5 Å². The largest absolute Gasteiger partial charge is 0.493 e. The molecule has 0 fully saturated rings. The lowest BCUT2D eigenvalue weighted by molar-refractivity contribution is 0.294. The van der Waals surface area contributed by atoms with Crippen molar-refractivity contribution in [3.63, 3.8) is 0 Å². The first-order valence-corrected chi connectivity index (χ1v) is 6.99. The Balaban J connectivity index is 2.12. The third kappa shape index (κ3) is 3.49. The highest BCUT2D eigenvalue weighted by Crippen LogP contribution is 2.31. The van der Waals surface area contributed by atoms with Crippen LogP contribution in [0.25, 0.3) is 0 Å². The maximum absolute atomic E-state index is 6.01. The second kappa shape index (κ2) is 6.83. The van der Waals surface area contributed by atoms with Crippen molar-refractivity contribution in [2.45, 2.75) is 13.1 Å². The average molecular weight is 310 g/mol. The molecule has 2 aromatic rings. The van der Waals surface area contributed by atoms with Crippen molar-refractivity contribution in [1.29, 1.82) is 0 Å². The number of nitrogens with zero attached hydrogens (tertiary/aromatic N) is 3. The zero-order valence-corrected chi connectivity index (χ0v) is 13.5. The van der Waals surface area contributed by atoms with E-state index >= 15 is 0 Å². The molecule has 0 aliphatic rings. The van der Waals surface area contributed by atoms with E-state index in [4.69, 9.17) is 21.1 Å². The van der Waals surface area contributed by atoms with E-state index in [0.29, 0.717) is 11.7 Å². The minimum Gasteiger partial charge on any atom is -0.493 e. The van der Waals surface area contributed by atoms with Crippen LogP contribution in [-0.2, 0) is 20.1 Å². The molecule has 0 unspecified atom stereocenters. The molecule has 0 N–H and O–H groups in total. The standard InChI is InChI=1S/C15H20ClN3O2/c1-18(10-14-17-8-13(16)19(14)2)9-11-6-5-7-12(20-3)15(11)21-4/h5-8H,9-10H2,1-4H3. The van der Waals surface area contributed by atoms with E-state index in [2.05, 4.69) is 9.88 Å². The molecule has 114 valence electrons. The first kappa shape index (κ1) is 15.7. The minimum atomic E-state index is 0.636. The van der Waals surface area contributed by atoms with Crippen molar-refractivity contribution in [3.8, 4) is 11.5 Å². The molecular weight excluding hydrogens is 290 g/mol. The van der Waals surface area contributed by atoms with Crippen LogP contribution in [-0.4, -0.2) is 35.7 Å². The average Bonchev–Trinajstić information content (AvgIpc) is 2.78. The van der Waals surface area contributed by atoms with E-state index in [1.165, 1.54) is 0 Å². The number of methoxy groups -OCH3 is 2. The Bertz CT molecular complexity index is 613. The van der Waals surface area contributed by atoms with Crippen molar-refractivity contribution >= 4 is 11.6 Å². The fraction of sp³-hybridized carbons (Fsp3) is 0.400. The predicted molar refractivity (Wildman–Crippen MR) is 82.9 cm³/mol. The normalized spacial score (nSPS) is 11.0. The maximum Gasteiger partial charge on any atom is 0.165 e. The number of hydrogen-bond acceptors (Lipinski definition) is 4. The summed E-state index contributed by atoms with van der Waals surface area (Å²) in [4.78, 5) is 6.46. The fourth-order valence-electron chi connectivity index (χ4n) is 2.24. The van der Waals surface area contributed by atoms with Crippen LogP contribution < -0.4 is 9.47 Å². The van der Waals surface area contributed by atoms with Gasteiger partial charge in [-0.1, -0.05) is 23.7 Å². The Morgan fingerprint density at radius 3 is 2.57 bits per heavy atom. The number of imidazole rings is 1. The van der Waals surface area contributed by atoms with Gasteiger partial charge in [0, 0.05) is 19.2 Å². The smallest absolute Gasteiger partial charge is 0.165 e. The van der Waals surface area contributed by atoms with Crippen LogP contribution in [0.1, 0.15) is 11.4 Å². The molecule has 0 aliphatic carbocycles. The van der Waals surface area contributed by atoms with Gasteiger partial charge in [-0.3, -0.25) is 4.90 Å². The van der Waals surface area contributed by atoms with Gasteiger partial charge in [-0.25, -0.2) is 4.98 Å². The number of halogens is 1. The number of aromatic nitrogens is 2. The zero-order valence-electron chi connectivity index (χ0n) is 12.8. The molecule has 2 rings (SSSR count). The number of para-hydroxylation sites is 1. The lowest BCUT2D eigenvalue weighted by Crippen LogP contribution is -2.20. The van der Waals surface area contributed by atoms with Crippen LogP contribution >= 0.6 is 11.6 Å². The molecule has 1 aromatic heterocycles. The van der Waals surface area contributed by atoms with Crippen molar-refractivity contribution in [2.75, 3.05) is 21.3 Å². The minimum absolute atomic E-state index is 0.636. The van der Waals surface area contributed by atoms with Crippen LogP contribution in [0.3, 0.4) is 0 Å². The molecule has 0 spiro atoms. The summed E-state index contributed by atoms with van der Waals surface area (Å²) < 4.78 is 12.7. The molecule has 6 heteroatoms. The van der Waals surface area contributed by atoms with Crippen LogP contribution in [0.4, 0.5) is 0 Å². The topological polar surface area (TPSA) is 39.5 Å². The second-order valence-electron chi connectivity index (χ2n) is 4.88. The Labute approximate surface area is 130 Å². The van der Waals surface area contributed by atoms with E-state index in [0.717, 1.165) is 29.4 Å². The fourth-order valence-corrected chi connectivity index (χ4v) is 2.38. The molecule has 0 bridgehead atoms. The molecule has 21 heavy (non-hydrogen) atoms. The van der Waals surface area contributed by atoms with Gasteiger partial charge in [0.25, 0.3) is 0 Å². The third-order valence-electron chi connectivity index (χ3n) is 3.36. The van der Waals surface area contributed by atoms with Gasteiger partial charge in [0.1, 0.15) is 11.0 Å². The molecule has 0 amide bonds. The first-order chi connectivity index (χ1) is 10.1. The summed E-state index contributed by atoms with van der Waals surface area (Å²) in [6.07, 6.45) is 1.66. The van der Waals surface area contributed by atoms with Gasteiger partial charge in [-0.05, 0) is 13.1 Å². The highest BCUT2D eigenvalue weighted by molar-refractivity contribution is 6.29. The molecule has 1 aromatic carbocycles. The predicted octanol–water partition coefficient (Wildman–Crippen LogP) is 2.72. The van der Waals surface area contributed by atoms with E-state index in [-0.39, 0.29) is 0 Å². The Morgan fingerprint density at radius 2 is 2.00 bits per heavy atom. The molecule has 0 aliphatic heterocycles. The highest BCUT2D eigenvalue weighted by Gasteiger charge is 2.13. The summed E-state index contributed by atoms with van der Waals surface area (Å²) in [5.74, 6) is 2.43. The van der Waals surface area contributed by atoms with Crippen molar-refractivity contribution < 1.29 is 9.47 Å². The Morgan fingerprint density at radius 1 is 1.24 bits per heavy atom. The molecule has 0 saturated heterocycles. The van der Waals surface area contributed by atoms with Crippen molar-refractivity contribution in [3.05, 3.63) is 40.9 Å². The van der Waals surface area contributed by atoms with Gasteiger partial charge in [0.05, 0.1) is 27.0 Å². The van der Waals surface area contributed by atoms with Crippen LogP contribution in [0.15, 0.2) is 24.4 Å². The van der Waals surface area contributed by atoms with E-state index in [1.807, 2.05) is 36.9 Å². The van der Waals surface area contributed by atoms with Crippen LogP contribution in [0, 0.1) is 0 Å². The van der Waals surface area contributed by atoms with Gasteiger partial charge in [0.2, 0.25) is 0 Å². The Kier molecular flexibility index (Phi) is 5.09. The first-order valence-electron chi connectivity index (χ1n) is 6.61. The summed E-state index contributed by atoms with van der Waals surface area (Å²) in [5, 5.41) is 0.636. The van der Waals surface area contributed by atoms with Gasteiger partial charge in [-0.2, -0.15) is 0 Å². The van der Waals surface area contributed by atoms with Crippen molar-refractivity contribution in [2.24, 2.45) is 7.05 Å². The molecule has 0 saturated carbocycles. The molecule has 0 radical (unpaired) electrons. The number of benzene rings is 1. The monoisotopic (exact) mass is 309 g/mol. The lowest BCUT2D eigenvalue weighted by Gasteiger charge is -2.19. The summed E-state index contributed by atoms with van der Waals surface area (Å²) in [7, 11) is 7.23. The van der Waals surface area contributed by atoms with Crippen LogP contribution in [0.5, 0.6) is 11.5 Å². The van der Waals surface area contributed by atoms with Crippen LogP contribution in [0.2, 0.25) is 5.15 Å². The maximum atomic E-state index is 6.01. The quantitative estimate of drug-likeness (QED) is 0.822. The second-order valence-corrected chi connectivity index (χ2v) is 5.27. The molecular formula is C15H20ClN3O2. The molecule has 0 atom stereocenters. The number of hydrogen-bond donors (Lipinski definition) is 0. The van der Waals surface area contributed by atoms with E-state index < -0.39 is 0 Å². The number of rotatable bonds is 6. The zero-order chi connectivity index (χ0) is 15.4. The van der Waals surface area contributed by atoms with Gasteiger partial charge < -0.3 is 14.0 Å². The molecule has 5 nitrogen and oxygen atoms in total. The van der Waals surface area contributed by atoms with E-state index in [1.54, 1.807) is 20.4 Å². The summed E-state index contributed by atoms with van der Waals surface area (Å²) in [6, 6.07) is 5.88. The summed E-state index contributed by atoms with van der Waals surface area (Å²) in [6.45, 7) is 1.43. The molecule has 1 heterocycles. The SMILES string of the molecule is COc1cccc(CN(C)Cc2ncc(Cl)n2C)c1OC. The summed E-state index contributed by atoms with van der Waals surface area (Å²) >= 11 is 6.01. The summed E-state index contributed by atoms with van der Waals surface area (Å²) in [5.41, 5.74) is 1.07. The van der Waals surface area contributed by atoms with Gasteiger partial charge in [0.15, 0.2) is 11.5 Å². The Hall–Kier alpha value is -1.72. The third-order valence-corrected chi connectivity index (χ3v) is 3.71. The number of ether oxygens (including phenoxy) is 2. The lowest BCUT2D eigenvalue weighted by atomic mass is 10.1. The van der Waals surface area contributed by atoms with E-state index in [9.17, 15) is 0 Å².